The summed E-state index contributed by atoms with van der Waals surface area (Å²) < 4.78 is 0. The van der Waals surface area contributed by atoms with Crippen molar-refractivity contribution in [1.82, 2.24) is 10.3 Å². The molecule has 0 aromatic carbocycles. The number of anilines is 1. The number of hydrogen-bond donors (Lipinski definition) is 3. The molecular formula is C11H14N4O5. The maximum atomic E-state index is 11.2. The van der Waals surface area contributed by atoms with Gasteiger partial charge in [0.05, 0.1) is 4.92 Å². The molecular weight excluding hydrogens is 268 g/mol. The predicted octanol–water partition coefficient (Wildman–Crippen LogP) is 0.626. The summed E-state index contributed by atoms with van der Waals surface area (Å²) in [6.45, 7) is 2.38. The Morgan fingerprint density at radius 3 is 2.70 bits per heavy atom. The molecule has 0 aliphatic rings. The first-order chi connectivity index (χ1) is 9.45. The Balaban J connectivity index is 2.80. The van der Waals surface area contributed by atoms with E-state index in [0.29, 0.717) is 6.54 Å². The number of nitro groups is 1. The number of rotatable bonds is 7. The molecule has 0 bridgehead atoms. The molecule has 1 heterocycles. The summed E-state index contributed by atoms with van der Waals surface area (Å²) in [6.07, 6.45) is 0.101. The van der Waals surface area contributed by atoms with E-state index in [1.165, 1.54) is 0 Å². The molecule has 0 aliphatic carbocycles. The second-order valence-corrected chi connectivity index (χ2v) is 3.76. The summed E-state index contributed by atoms with van der Waals surface area (Å²) >= 11 is 0. The van der Waals surface area contributed by atoms with Crippen LogP contribution in [0.2, 0.25) is 0 Å². The second-order valence-electron chi connectivity index (χ2n) is 3.76. The minimum absolute atomic E-state index is 0.101. The Morgan fingerprint density at radius 2 is 2.15 bits per heavy atom. The van der Waals surface area contributed by atoms with Gasteiger partial charge in [-0.2, -0.15) is 0 Å². The first-order valence-corrected chi connectivity index (χ1v) is 5.85. The topological polar surface area (TPSA) is 134 Å². The minimum atomic E-state index is -1.29. The number of carboxylic acid groups (broad SMARTS) is 1. The van der Waals surface area contributed by atoms with Crippen LogP contribution in [0.3, 0.4) is 0 Å². The van der Waals surface area contributed by atoms with Gasteiger partial charge in [-0.1, -0.05) is 0 Å². The van der Waals surface area contributed by atoms with Crippen LogP contribution in [0.15, 0.2) is 12.1 Å². The van der Waals surface area contributed by atoms with Crippen LogP contribution in [0.1, 0.15) is 23.8 Å². The van der Waals surface area contributed by atoms with Gasteiger partial charge in [-0.15, -0.1) is 0 Å². The summed E-state index contributed by atoms with van der Waals surface area (Å²) in [7, 11) is 0. The molecule has 1 amide bonds. The largest absolute Gasteiger partial charge is 0.477 e. The van der Waals surface area contributed by atoms with E-state index in [4.69, 9.17) is 5.11 Å². The van der Waals surface area contributed by atoms with Crippen LogP contribution in [0, 0.1) is 10.1 Å². The highest BCUT2D eigenvalue weighted by Crippen LogP contribution is 2.21. The quantitative estimate of drug-likeness (QED) is 0.493. The van der Waals surface area contributed by atoms with Crippen molar-refractivity contribution < 1.29 is 19.6 Å². The van der Waals surface area contributed by atoms with Gasteiger partial charge in [0.15, 0.2) is 5.69 Å². The van der Waals surface area contributed by atoms with Crippen LogP contribution in [0.4, 0.5) is 11.5 Å². The number of pyridine rings is 1. The van der Waals surface area contributed by atoms with E-state index in [0.717, 1.165) is 12.1 Å². The third kappa shape index (κ3) is 4.19. The number of amides is 1. The first kappa shape index (κ1) is 15.3. The SMILES string of the molecule is CCNC(=O)CCNc1nc(C(=O)O)ccc1[N+](=O)[O-]. The lowest BCUT2D eigenvalue weighted by molar-refractivity contribution is -0.384. The van der Waals surface area contributed by atoms with Gasteiger partial charge in [-0.05, 0) is 13.0 Å². The number of carbonyl (C=O) groups is 2. The monoisotopic (exact) mass is 282 g/mol. The lowest BCUT2D eigenvalue weighted by Gasteiger charge is -2.07. The van der Waals surface area contributed by atoms with Crippen LogP contribution >= 0.6 is 0 Å². The Bertz CT molecular complexity index is 532. The molecule has 9 heteroatoms. The Morgan fingerprint density at radius 1 is 1.45 bits per heavy atom. The van der Waals surface area contributed by atoms with Crippen molar-refractivity contribution >= 4 is 23.4 Å². The summed E-state index contributed by atoms with van der Waals surface area (Å²) in [5.41, 5.74) is -0.651. The molecule has 0 atom stereocenters. The van der Waals surface area contributed by atoms with Gasteiger partial charge in [0, 0.05) is 25.6 Å². The number of nitrogens with one attached hydrogen (secondary N) is 2. The maximum Gasteiger partial charge on any atom is 0.354 e. The highest BCUT2D eigenvalue weighted by molar-refractivity contribution is 5.86. The van der Waals surface area contributed by atoms with Gasteiger partial charge in [-0.25, -0.2) is 9.78 Å². The first-order valence-electron chi connectivity index (χ1n) is 5.85. The minimum Gasteiger partial charge on any atom is -0.477 e. The molecule has 0 aliphatic heterocycles. The number of aromatic carboxylic acids is 1. The standard InChI is InChI=1S/C11H14N4O5/c1-2-12-9(16)5-6-13-10-8(15(19)20)4-3-7(14-10)11(17)18/h3-4H,2,5-6H2,1H3,(H,12,16)(H,13,14)(H,17,18). The number of carboxylic acids is 1. The van der Waals surface area contributed by atoms with E-state index in [9.17, 15) is 19.7 Å². The fraction of sp³-hybridized carbons (Fsp3) is 0.364. The molecule has 3 N–H and O–H groups in total. The summed E-state index contributed by atoms with van der Waals surface area (Å²) in [6, 6.07) is 2.11. The van der Waals surface area contributed by atoms with Crippen LogP contribution in [-0.4, -0.2) is 40.0 Å². The molecule has 0 unspecified atom stereocenters. The van der Waals surface area contributed by atoms with E-state index < -0.39 is 10.9 Å². The highest BCUT2D eigenvalue weighted by Gasteiger charge is 2.18. The van der Waals surface area contributed by atoms with Crippen LogP contribution in [0.5, 0.6) is 0 Å². The van der Waals surface area contributed by atoms with Crippen LogP contribution in [0.25, 0.3) is 0 Å². The number of hydrogen-bond acceptors (Lipinski definition) is 6. The molecule has 1 rings (SSSR count). The van der Waals surface area contributed by atoms with Crippen LogP contribution < -0.4 is 10.6 Å². The predicted molar refractivity (Wildman–Crippen MR) is 69.6 cm³/mol. The normalized spacial score (nSPS) is 9.85. The molecule has 1 aromatic heterocycles. The molecule has 20 heavy (non-hydrogen) atoms. The zero-order valence-corrected chi connectivity index (χ0v) is 10.8. The van der Waals surface area contributed by atoms with Gasteiger partial charge in [-0.3, -0.25) is 14.9 Å². The maximum absolute atomic E-state index is 11.2. The molecule has 108 valence electrons. The van der Waals surface area contributed by atoms with Crippen molar-refractivity contribution in [1.29, 1.82) is 0 Å². The van der Waals surface area contributed by atoms with Gasteiger partial charge < -0.3 is 15.7 Å². The molecule has 0 spiro atoms. The summed E-state index contributed by atoms with van der Waals surface area (Å²) in [5, 5.41) is 24.8. The van der Waals surface area contributed by atoms with E-state index in [2.05, 4.69) is 15.6 Å². The third-order valence-corrected chi connectivity index (χ3v) is 2.31. The number of aromatic nitrogens is 1. The zero-order chi connectivity index (χ0) is 15.1. The Hall–Kier alpha value is -2.71. The van der Waals surface area contributed by atoms with Gasteiger partial charge in [0.2, 0.25) is 11.7 Å². The van der Waals surface area contributed by atoms with Crippen molar-refractivity contribution in [3.05, 3.63) is 27.9 Å². The molecule has 0 radical (unpaired) electrons. The van der Waals surface area contributed by atoms with E-state index in [-0.39, 0.29) is 36.1 Å². The van der Waals surface area contributed by atoms with Crippen LogP contribution in [-0.2, 0) is 4.79 Å². The van der Waals surface area contributed by atoms with Crippen molar-refractivity contribution in [2.24, 2.45) is 0 Å². The second kappa shape index (κ2) is 7.02. The summed E-state index contributed by atoms with van der Waals surface area (Å²) in [5.74, 6) is -1.66. The van der Waals surface area contributed by atoms with Crippen molar-refractivity contribution in [2.45, 2.75) is 13.3 Å². The molecule has 0 saturated heterocycles. The Kier molecular flexibility index (Phi) is 5.39. The van der Waals surface area contributed by atoms with Crippen molar-refractivity contribution in [3.8, 4) is 0 Å². The van der Waals surface area contributed by atoms with Crippen molar-refractivity contribution in [2.75, 3.05) is 18.4 Å². The molecule has 0 fully saturated rings. The van der Waals surface area contributed by atoms with Gasteiger partial charge >= 0.3 is 11.7 Å². The van der Waals surface area contributed by atoms with E-state index in [1.54, 1.807) is 6.92 Å². The lowest BCUT2D eigenvalue weighted by Crippen LogP contribution is -2.25. The van der Waals surface area contributed by atoms with Gasteiger partial charge in [0.25, 0.3) is 0 Å². The third-order valence-electron chi connectivity index (χ3n) is 2.31. The molecule has 1 aromatic rings. The lowest BCUT2D eigenvalue weighted by atomic mass is 10.3. The smallest absolute Gasteiger partial charge is 0.354 e. The Labute approximate surface area is 114 Å². The highest BCUT2D eigenvalue weighted by atomic mass is 16.6. The van der Waals surface area contributed by atoms with E-state index in [1.807, 2.05) is 0 Å². The fourth-order valence-corrected chi connectivity index (χ4v) is 1.43. The molecule has 0 saturated carbocycles. The molecule has 9 nitrogen and oxygen atoms in total. The van der Waals surface area contributed by atoms with E-state index >= 15 is 0 Å². The average molecular weight is 282 g/mol. The number of carbonyl (C=O) groups excluding carboxylic acids is 1. The van der Waals surface area contributed by atoms with Gasteiger partial charge in [0.1, 0.15) is 0 Å². The van der Waals surface area contributed by atoms with Crippen molar-refractivity contribution in [3.63, 3.8) is 0 Å². The fourth-order valence-electron chi connectivity index (χ4n) is 1.43. The summed E-state index contributed by atoms with van der Waals surface area (Å²) in [4.78, 5) is 35.8. The average Bonchev–Trinajstić information content (AvgIpc) is 2.38. The zero-order valence-electron chi connectivity index (χ0n) is 10.8. The number of nitrogens with zero attached hydrogens (tertiary/aromatic N) is 2.